The van der Waals surface area contributed by atoms with Crippen LogP contribution in [0.4, 0.5) is 5.82 Å². The zero-order valence-corrected chi connectivity index (χ0v) is 14.0. The summed E-state index contributed by atoms with van der Waals surface area (Å²) in [5.74, 6) is 3.05. The number of terminal acetylenes is 1. The van der Waals surface area contributed by atoms with Crippen LogP contribution in [0.25, 0.3) is 10.9 Å². The highest BCUT2D eigenvalue weighted by molar-refractivity contribution is 7.20. The van der Waals surface area contributed by atoms with Crippen molar-refractivity contribution in [2.75, 3.05) is 5.32 Å². The third kappa shape index (κ3) is 3.11. The van der Waals surface area contributed by atoms with E-state index in [4.69, 9.17) is 29.6 Å². The predicted molar refractivity (Wildman–Crippen MR) is 96.0 cm³/mol. The lowest BCUT2D eigenvalue weighted by molar-refractivity contribution is 1.01. The molecule has 3 nitrogen and oxygen atoms in total. The Bertz CT molecular complexity index is 966. The lowest BCUT2D eigenvalue weighted by atomic mass is 10.1. The summed E-state index contributed by atoms with van der Waals surface area (Å²) in [6.07, 6.45) is 5.61. The molecule has 0 saturated carbocycles. The van der Waals surface area contributed by atoms with E-state index in [1.54, 1.807) is 12.1 Å². The van der Waals surface area contributed by atoms with E-state index in [2.05, 4.69) is 22.3 Å². The Kier molecular flexibility index (Phi) is 4.41. The van der Waals surface area contributed by atoms with E-state index in [1.807, 2.05) is 24.3 Å². The first-order chi connectivity index (χ1) is 11.1. The van der Waals surface area contributed by atoms with Crippen LogP contribution in [0.2, 0.25) is 8.67 Å². The van der Waals surface area contributed by atoms with Gasteiger partial charge in [0.25, 0.3) is 0 Å². The molecule has 23 heavy (non-hydrogen) atoms. The third-order valence-corrected chi connectivity index (χ3v) is 4.80. The molecule has 0 radical (unpaired) electrons. The number of benzene rings is 1. The maximum atomic E-state index is 9.37. The highest BCUT2D eigenvalue weighted by atomic mass is 35.5. The zero-order valence-electron chi connectivity index (χ0n) is 11.7. The second-order valence-corrected chi connectivity index (χ2v) is 7.00. The van der Waals surface area contributed by atoms with Crippen molar-refractivity contribution in [3.8, 4) is 18.4 Å². The van der Waals surface area contributed by atoms with Crippen molar-refractivity contribution in [3.05, 3.63) is 56.2 Å². The van der Waals surface area contributed by atoms with Crippen molar-refractivity contribution >= 4 is 51.3 Å². The molecule has 0 aliphatic rings. The second kappa shape index (κ2) is 6.48. The number of nitrogens with zero attached hydrogens (tertiary/aromatic N) is 2. The first-order valence-corrected chi connectivity index (χ1v) is 8.17. The van der Waals surface area contributed by atoms with E-state index < -0.39 is 6.04 Å². The van der Waals surface area contributed by atoms with Gasteiger partial charge in [0.05, 0.1) is 15.4 Å². The quantitative estimate of drug-likeness (QED) is 0.650. The summed E-state index contributed by atoms with van der Waals surface area (Å²) in [4.78, 5) is 4.49. The van der Waals surface area contributed by atoms with Gasteiger partial charge in [0.1, 0.15) is 22.3 Å². The van der Waals surface area contributed by atoms with Crippen LogP contribution in [0.5, 0.6) is 0 Å². The molecule has 0 aliphatic heterocycles. The second-order valence-electron chi connectivity index (χ2n) is 4.71. The van der Waals surface area contributed by atoms with Crippen LogP contribution in [0.3, 0.4) is 0 Å². The minimum Gasteiger partial charge on any atom is -0.351 e. The maximum absolute atomic E-state index is 9.37. The fourth-order valence-corrected chi connectivity index (χ4v) is 3.74. The minimum atomic E-state index is -0.521. The third-order valence-electron chi connectivity index (χ3n) is 3.29. The highest BCUT2D eigenvalue weighted by Gasteiger charge is 2.18. The van der Waals surface area contributed by atoms with E-state index in [0.29, 0.717) is 25.6 Å². The van der Waals surface area contributed by atoms with Crippen LogP contribution in [-0.4, -0.2) is 4.98 Å². The number of rotatable bonds is 3. The van der Waals surface area contributed by atoms with Gasteiger partial charge in [-0.15, -0.1) is 17.8 Å². The summed E-state index contributed by atoms with van der Waals surface area (Å²) in [6, 6.07) is 12.7. The van der Waals surface area contributed by atoms with Gasteiger partial charge >= 0.3 is 0 Å². The Balaban J connectivity index is 2.04. The molecule has 1 unspecified atom stereocenters. The number of anilines is 1. The molecule has 0 spiro atoms. The fraction of sp³-hybridized carbons (Fsp3) is 0.0588. The van der Waals surface area contributed by atoms with E-state index in [-0.39, 0.29) is 0 Å². The van der Waals surface area contributed by atoms with Crippen molar-refractivity contribution in [1.82, 2.24) is 4.98 Å². The Morgan fingerprint density at radius 1 is 1.26 bits per heavy atom. The average Bonchev–Trinajstić information content (AvgIpc) is 2.90. The summed E-state index contributed by atoms with van der Waals surface area (Å²) >= 11 is 13.4. The first kappa shape index (κ1) is 15.6. The predicted octanol–water partition coefficient (Wildman–Crippen LogP) is 5.26. The lowest BCUT2D eigenvalue weighted by Gasteiger charge is -2.15. The number of halogens is 2. The Morgan fingerprint density at radius 3 is 2.70 bits per heavy atom. The summed E-state index contributed by atoms with van der Waals surface area (Å²) in [5, 5.41) is 13.4. The van der Waals surface area contributed by atoms with Gasteiger partial charge in [-0.2, -0.15) is 5.26 Å². The first-order valence-electron chi connectivity index (χ1n) is 6.59. The summed E-state index contributed by atoms with van der Waals surface area (Å²) < 4.78 is 1.07. The zero-order chi connectivity index (χ0) is 16.4. The highest BCUT2D eigenvalue weighted by Crippen LogP contribution is 2.36. The fourth-order valence-electron chi connectivity index (χ4n) is 2.21. The van der Waals surface area contributed by atoms with Crippen LogP contribution >= 0.6 is 34.5 Å². The molecule has 1 N–H and O–H groups in total. The van der Waals surface area contributed by atoms with E-state index in [9.17, 15) is 5.26 Å². The molecule has 0 amide bonds. The Morgan fingerprint density at radius 2 is 2.04 bits per heavy atom. The molecule has 0 bridgehead atoms. The SMILES string of the molecule is C#CC(Nc1nc2ccccc2cc1C#N)c1cc(Cl)sc1Cl. The topological polar surface area (TPSA) is 48.7 Å². The van der Waals surface area contributed by atoms with E-state index >= 15 is 0 Å². The maximum Gasteiger partial charge on any atom is 0.145 e. The van der Waals surface area contributed by atoms with Crippen LogP contribution in [-0.2, 0) is 0 Å². The van der Waals surface area contributed by atoms with Crippen molar-refractivity contribution in [2.24, 2.45) is 0 Å². The number of thiophene rings is 1. The number of fused-ring (bicyclic) bond motifs is 1. The molecule has 0 fully saturated rings. The molecule has 0 aliphatic carbocycles. The standard InChI is InChI=1S/C17H9Cl2N3S/c1-2-13(12-8-15(18)23-16(12)19)21-17-11(9-20)7-10-5-3-4-6-14(10)22-17/h1,3-8,13H,(H,21,22). The summed E-state index contributed by atoms with van der Waals surface area (Å²) in [6.45, 7) is 0. The molecule has 1 aromatic carbocycles. The Hall–Kier alpha value is -2.24. The number of hydrogen-bond acceptors (Lipinski definition) is 4. The molecule has 2 aromatic heterocycles. The van der Waals surface area contributed by atoms with Gasteiger partial charge in [0.2, 0.25) is 0 Å². The van der Waals surface area contributed by atoms with E-state index in [1.165, 1.54) is 11.3 Å². The lowest BCUT2D eigenvalue weighted by Crippen LogP contribution is -2.10. The van der Waals surface area contributed by atoms with Gasteiger partial charge < -0.3 is 5.32 Å². The largest absolute Gasteiger partial charge is 0.351 e. The van der Waals surface area contributed by atoms with Gasteiger partial charge in [-0.05, 0) is 18.2 Å². The molecule has 2 heterocycles. The molecule has 3 aromatic rings. The average molecular weight is 358 g/mol. The molecular formula is C17H9Cl2N3S. The molecule has 112 valence electrons. The van der Waals surface area contributed by atoms with E-state index in [0.717, 1.165) is 10.9 Å². The van der Waals surface area contributed by atoms with Gasteiger partial charge in [0, 0.05) is 10.9 Å². The van der Waals surface area contributed by atoms with Gasteiger partial charge in [-0.25, -0.2) is 4.98 Å². The molecule has 1 atom stereocenters. The number of nitriles is 1. The van der Waals surface area contributed by atoms with Crippen LogP contribution in [0.15, 0.2) is 36.4 Å². The minimum absolute atomic E-state index is 0.418. The Labute approximate surface area is 147 Å². The number of para-hydroxylation sites is 1. The monoisotopic (exact) mass is 357 g/mol. The van der Waals surface area contributed by atoms with Crippen molar-refractivity contribution < 1.29 is 0 Å². The summed E-state index contributed by atoms with van der Waals surface area (Å²) in [7, 11) is 0. The van der Waals surface area contributed by atoms with Gasteiger partial charge in [-0.3, -0.25) is 0 Å². The molecule has 0 saturated heterocycles. The molecule has 3 rings (SSSR count). The van der Waals surface area contributed by atoms with Crippen molar-refractivity contribution in [3.63, 3.8) is 0 Å². The number of pyridine rings is 1. The molecular weight excluding hydrogens is 349 g/mol. The normalized spacial score (nSPS) is 11.7. The number of aromatic nitrogens is 1. The molecule has 6 heteroatoms. The van der Waals surface area contributed by atoms with Gasteiger partial charge in [0.15, 0.2) is 0 Å². The smallest absolute Gasteiger partial charge is 0.145 e. The van der Waals surface area contributed by atoms with Gasteiger partial charge in [-0.1, -0.05) is 47.3 Å². The van der Waals surface area contributed by atoms with Crippen LogP contribution in [0.1, 0.15) is 17.2 Å². The summed E-state index contributed by atoms with van der Waals surface area (Å²) in [5.41, 5.74) is 1.89. The van der Waals surface area contributed by atoms with Crippen molar-refractivity contribution in [2.45, 2.75) is 6.04 Å². The van der Waals surface area contributed by atoms with Crippen LogP contribution < -0.4 is 5.32 Å². The number of hydrogen-bond donors (Lipinski definition) is 1. The van der Waals surface area contributed by atoms with Crippen molar-refractivity contribution in [1.29, 1.82) is 5.26 Å². The number of nitrogens with one attached hydrogen (secondary N) is 1. The van der Waals surface area contributed by atoms with Crippen LogP contribution in [0, 0.1) is 23.7 Å².